The Hall–Kier alpha value is -2.79. The first-order chi connectivity index (χ1) is 13.4. The molecule has 0 saturated heterocycles. The molecular weight excluding hydrogens is 418 g/mol. The number of anilines is 1. The van der Waals surface area contributed by atoms with Crippen LogP contribution in [0.1, 0.15) is 32.6 Å². The van der Waals surface area contributed by atoms with E-state index in [1.54, 1.807) is 12.1 Å². The Balaban J connectivity index is 1.76. The smallest absolute Gasteiger partial charge is 0.336 e. The summed E-state index contributed by atoms with van der Waals surface area (Å²) in [4.78, 5) is 11.3. The highest BCUT2D eigenvalue weighted by molar-refractivity contribution is 9.10. The zero-order valence-corrected chi connectivity index (χ0v) is 17.4. The van der Waals surface area contributed by atoms with Gasteiger partial charge in [-0.25, -0.2) is 4.79 Å². The van der Waals surface area contributed by atoms with Gasteiger partial charge in [0.1, 0.15) is 12.4 Å². The van der Waals surface area contributed by atoms with Crippen molar-refractivity contribution in [2.45, 2.75) is 27.0 Å². The Morgan fingerprint density at radius 2 is 1.86 bits per heavy atom. The van der Waals surface area contributed by atoms with Crippen LogP contribution in [0.4, 0.5) is 5.69 Å². The molecule has 0 radical (unpaired) electrons. The van der Waals surface area contributed by atoms with Gasteiger partial charge in [-0.15, -0.1) is 0 Å². The van der Waals surface area contributed by atoms with Crippen molar-refractivity contribution >= 4 is 27.6 Å². The summed E-state index contributed by atoms with van der Waals surface area (Å²) in [6, 6.07) is 19.4. The third kappa shape index (κ3) is 4.93. The lowest BCUT2D eigenvalue weighted by atomic mass is 10.1. The molecule has 3 rings (SSSR count). The van der Waals surface area contributed by atoms with Gasteiger partial charge in [-0.05, 0) is 55.3 Å². The first kappa shape index (κ1) is 20.0. The van der Waals surface area contributed by atoms with Crippen LogP contribution in [0.15, 0.2) is 65.1 Å². The number of nitrogens with one attached hydrogen (secondary N) is 1. The van der Waals surface area contributed by atoms with Gasteiger partial charge in [-0.1, -0.05) is 51.8 Å². The molecule has 2 N–H and O–H groups in total. The lowest BCUT2D eigenvalue weighted by Gasteiger charge is -2.15. The van der Waals surface area contributed by atoms with Crippen molar-refractivity contribution < 1.29 is 14.6 Å². The number of halogens is 1. The number of rotatable bonds is 7. The third-order valence-electron chi connectivity index (χ3n) is 4.53. The highest BCUT2D eigenvalue weighted by Gasteiger charge is 2.11. The van der Waals surface area contributed by atoms with Crippen LogP contribution in [-0.4, -0.2) is 11.1 Å². The summed E-state index contributed by atoms with van der Waals surface area (Å²) < 4.78 is 7.02. The van der Waals surface area contributed by atoms with E-state index in [1.807, 2.05) is 43.3 Å². The first-order valence-electron chi connectivity index (χ1n) is 8.97. The Morgan fingerprint density at radius 3 is 2.61 bits per heavy atom. The maximum absolute atomic E-state index is 11.3. The molecule has 0 atom stereocenters. The normalized spacial score (nSPS) is 10.5. The van der Waals surface area contributed by atoms with Crippen molar-refractivity contribution in [3.63, 3.8) is 0 Å². The summed E-state index contributed by atoms with van der Waals surface area (Å²) >= 11 is 3.51. The average molecular weight is 440 g/mol. The van der Waals surface area contributed by atoms with Crippen LogP contribution >= 0.6 is 15.9 Å². The van der Waals surface area contributed by atoms with Gasteiger partial charge in [0.2, 0.25) is 0 Å². The molecule has 0 aliphatic carbocycles. The molecule has 0 amide bonds. The maximum atomic E-state index is 11.3. The van der Waals surface area contributed by atoms with E-state index < -0.39 is 5.97 Å². The molecule has 0 aromatic heterocycles. The number of hydrogen-bond acceptors (Lipinski definition) is 3. The molecule has 3 aromatic rings. The molecule has 0 spiro atoms. The predicted octanol–water partition coefficient (Wildman–Crippen LogP) is 5.96. The summed E-state index contributed by atoms with van der Waals surface area (Å²) in [5, 5.41) is 12.6. The summed E-state index contributed by atoms with van der Waals surface area (Å²) in [7, 11) is 0. The summed E-state index contributed by atoms with van der Waals surface area (Å²) in [6.45, 7) is 4.88. The third-order valence-corrected chi connectivity index (χ3v) is 5.03. The van der Waals surface area contributed by atoms with Crippen LogP contribution in [-0.2, 0) is 13.2 Å². The van der Waals surface area contributed by atoms with Gasteiger partial charge in [-0.2, -0.15) is 0 Å². The fourth-order valence-electron chi connectivity index (χ4n) is 3.04. The second kappa shape index (κ2) is 8.93. The second-order valence-electron chi connectivity index (χ2n) is 6.67. The van der Waals surface area contributed by atoms with E-state index >= 15 is 0 Å². The van der Waals surface area contributed by atoms with Crippen LogP contribution in [0, 0.1) is 13.8 Å². The zero-order chi connectivity index (χ0) is 20.1. The van der Waals surface area contributed by atoms with Crippen molar-refractivity contribution in [2.24, 2.45) is 0 Å². The Bertz CT molecular complexity index is 1000. The van der Waals surface area contributed by atoms with E-state index in [2.05, 4.69) is 40.3 Å². The zero-order valence-electron chi connectivity index (χ0n) is 15.8. The van der Waals surface area contributed by atoms with Gasteiger partial charge in [-0.3, -0.25) is 0 Å². The van der Waals surface area contributed by atoms with Gasteiger partial charge in [0, 0.05) is 22.3 Å². The molecule has 0 bridgehead atoms. The van der Waals surface area contributed by atoms with Crippen LogP contribution < -0.4 is 10.1 Å². The number of hydrogen-bond donors (Lipinski definition) is 2. The Labute approximate surface area is 173 Å². The number of carboxylic acids is 1. The quantitative estimate of drug-likeness (QED) is 0.476. The van der Waals surface area contributed by atoms with E-state index in [-0.39, 0.29) is 0 Å². The molecule has 0 saturated carbocycles. The number of benzene rings is 3. The summed E-state index contributed by atoms with van der Waals surface area (Å²) in [5.74, 6) is -0.130. The average Bonchev–Trinajstić information content (AvgIpc) is 2.66. The van der Waals surface area contributed by atoms with Crippen molar-refractivity contribution in [3.05, 3.63) is 93.0 Å². The largest absolute Gasteiger partial charge is 0.489 e. The monoisotopic (exact) mass is 439 g/mol. The van der Waals surface area contributed by atoms with Crippen molar-refractivity contribution in [1.29, 1.82) is 0 Å². The lowest BCUT2D eigenvalue weighted by Crippen LogP contribution is -2.07. The molecule has 28 heavy (non-hydrogen) atoms. The van der Waals surface area contributed by atoms with Gasteiger partial charge >= 0.3 is 5.97 Å². The number of ether oxygens (including phenoxy) is 1. The van der Waals surface area contributed by atoms with Crippen molar-refractivity contribution in [2.75, 3.05) is 5.32 Å². The van der Waals surface area contributed by atoms with Gasteiger partial charge in [0.25, 0.3) is 0 Å². The maximum Gasteiger partial charge on any atom is 0.336 e. The molecular formula is C23H22BrNO3. The van der Waals surface area contributed by atoms with Gasteiger partial charge in [0.05, 0.1) is 5.56 Å². The van der Waals surface area contributed by atoms with Gasteiger partial charge < -0.3 is 15.2 Å². The van der Waals surface area contributed by atoms with E-state index in [0.29, 0.717) is 24.3 Å². The lowest BCUT2D eigenvalue weighted by molar-refractivity contribution is 0.0696. The van der Waals surface area contributed by atoms with E-state index in [0.717, 1.165) is 27.0 Å². The molecule has 0 unspecified atom stereocenters. The molecule has 3 aromatic carbocycles. The molecule has 0 aliphatic heterocycles. The fraction of sp³-hybridized carbons (Fsp3) is 0.174. The SMILES string of the molecule is Cc1cccc(COc2ccc(Br)cc2CNc2cccc(C(=O)O)c2C)c1. The minimum Gasteiger partial charge on any atom is -0.489 e. The molecule has 0 aliphatic rings. The van der Waals surface area contributed by atoms with Crippen LogP contribution in [0.25, 0.3) is 0 Å². The standard InChI is InChI=1S/C23H22BrNO3/c1-15-5-3-6-17(11-15)14-28-22-10-9-19(24)12-18(22)13-25-21-8-4-7-20(16(21)2)23(26)27/h3-12,25H,13-14H2,1-2H3,(H,26,27). The topological polar surface area (TPSA) is 58.6 Å². The minimum atomic E-state index is -0.925. The summed E-state index contributed by atoms with van der Waals surface area (Å²) in [6.07, 6.45) is 0. The highest BCUT2D eigenvalue weighted by atomic mass is 79.9. The molecule has 5 heteroatoms. The van der Waals surface area contributed by atoms with Crippen molar-refractivity contribution in [3.8, 4) is 5.75 Å². The van der Waals surface area contributed by atoms with E-state index in [9.17, 15) is 9.90 Å². The van der Waals surface area contributed by atoms with Gasteiger partial charge in [0.15, 0.2) is 0 Å². The number of carbonyl (C=O) groups is 1. The molecule has 0 heterocycles. The molecule has 144 valence electrons. The van der Waals surface area contributed by atoms with Crippen LogP contribution in [0.3, 0.4) is 0 Å². The molecule has 4 nitrogen and oxygen atoms in total. The summed E-state index contributed by atoms with van der Waals surface area (Å²) in [5.41, 5.74) is 5.12. The van der Waals surface area contributed by atoms with Crippen molar-refractivity contribution in [1.82, 2.24) is 0 Å². The predicted molar refractivity (Wildman–Crippen MR) is 115 cm³/mol. The van der Waals surface area contributed by atoms with E-state index in [1.165, 1.54) is 5.56 Å². The Kier molecular flexibility index (Phi) is 6.37. The minimum absolute atomic E-state index is 0.301. The molecule has 0 fully saturated rings. The number of carboxylic acid groups (broad SMARTS) is 1. The first-order valence-corrected chi connectivity index (χ1v) is 9.77. The number of aromatic carboxylic acids is 1. The second-order valence-corrected chi connectivity index (χ2v) is 7.58. The van der Waals surface area contributed by atoms with Crippen LogP contribution in [0.2, 0.25) is 0 Å². The number of aryl methyl sites for hydroxylation is 1. The Morgan fingerprint density at radius 1 is 1.07 bits per heavy atom. The van der Waals surface area contributed by atoms with Crippen LogP contribution in [0.5, 0.6) is 5.75 Å². The highest BCUT2D eigenvalue weighted by Crippen LogP contribution is 2.26. The van der Waals surface area contributed by atoms with E-state index in [4.69, 9.17) is 4.74 Å². The fourth-order valence-corrected chi connectivity index (χ4v) is 3.45.